The van der Waals surface area contributed by atoms with Crippen LogP contribution < -0.4 is 0 Å². The second-order valence-electron chi connectivity index (χ2n) is 9.46. The number of nitro benzene ring substituents is 1. The number of non-ortho nitro benzene ring substituents is 1. The Labute approximate surface area is 188 Å². The van der Waals surface area contributed by atoms with E-state index in [2.05, 4.69) is 32.6 Å². The Bertz CT molecular complexity index is 995. The molecule has 2 atom stereocenters. The molecular formula is C24H31N3O3S. The average molecular weight is 442 g/mol. The minimum absolute atomic E-state index is 0.0920. The molecule has 0 N–H and O–H groups in total. The van der Waals surface area contributed by atoms with E-state index < -0.39 is 0 Å². The van der Waals surface area contributed by atoms with Gasteiger partial charge in [-0.1, -0.05) is 42.8 Å². The third-order valence-corrected chi connectivity index (χ3v) is 7.12. The van der Waals surface area contributed by atoms with E-state index in [1.165, 1.54) is 25.7 Å². The molecule has 1 saturated heterocycles. The van der Waals surface area contributed by atoms with Crippen molar-refractivity contribution in [3.8, 4) is 0 Å². The third-order valence-electron chi connectivity index (χ3n) is 6.05. The zero-order chi connectivity index (χ0) is 22.2. The number of fused-ring (bicyclic) bond motifs is 1. The van der Waals surface area contributed by atoms with Crippen LogP contribution in [-0.4, -0.2) is 44.5 Å². The van der Waals surface area contributed by atoms with Crippen molar-refractivity contribution in [3.63, 3.8) is 0 Å². The lowest BCUT2D eigenvalue weighted by Crippen LogP contribution is -2.48. The van der Waals surface area contributed by atoms with Crippen molar-refractivity contribution in [2.24, 2.45) is 4.99 Å². The fourth-order valence-corrected chi connectivity index (χ4v) is 6.13. The number of hydrogen-bond donors (Lipinski definition) is 0. The molecular weight excluding hydrogens is 410 g/mol. The van der Waals surface area contributed by atoms with Crippen molar-refractivity contribution >= 4 is 39.1 Å². The standard InChI is InChI=1S/C24H31N3O3S/c1-16(30-24(2,3)4)22-15-31-23(26(22)17-9-5-6-10-17)25-20-13-14-21(27(28)29)19-12-8-7-11-18(19)20/h7-8,11-14,16-17,22H,5-6,9-10,15H2,1-4H3/t16-,22-/m0/s1. The monoisotopic (exact) mass is 441 g/mol. The van der Waals surface area contributed by atoms with Crippen LogP contribution in [0.2, 0.25) is 0 Å². The van der Waals surface area contributed by atoms with Gasteiger partial charge in [0.05, 0.1) is 33.7 Å². The number of aliphatic imine (C=N–C) groups is 1. The highest BCUT2D eigenvalue weighted by Gasteiger charge is 2.40. The molecule has 2 aromatic rings. The third kappa shape index (κ3) is 4.72. The zero-order valence-electron chi connectivity index (χ0n) is 18.7. The summed E-state index contributed by atoms with van der Waals surface area (Å²) >= 11 is 1.78. The van der Waals surface area contributed by atoms with E-state index in [1.807, 2.05) is 18.2 Å². The fourth-order valence-electron chi connectivity index (χ4n) is 4.78. The predicted octanol–water partition coefficient (Wildman–Crippen LogP) is 6.30. The molecule has 31 heavy (non-hydrogen) atoms. The summed E-state index contributed by atoms with van der Waals surface area (Å²) < 4.78 is 6.34. The van der Waals surface area contributed by atoms with E-state index in [4.69, 9.17) is 9.73 Å². The molecule has 0 bridgehead atoms. The summed E-state index contributed by atoms with van der Waals surface area (Å²) in [4.78, 5) is 18.7. The fraction of sp³-hybridized carbons (Fsp3) is 0.542. The van der Waals surface area contributed by atoms with Gasteiger partial charge >= 0.3 is 0 Å². The van der Waals surface area contributed by atoms with E-state index in [1.54, 1.807) is 30.0 Å². The number of benzene rings is 2. The number of thioether (sulfide) groups is 1. The van der Waals surface area contributed by atoms with E-state index in [0.717, 1.165) is 22.0 Å². The van der Waals surface area contributed by atoms with Gasteiger partial charge in [0.2, 0.25) is 0 Å². The van der Waals surface area contributed by atoms with Gasteiger partial charge in [-0.15, -0.1) is 0 Å². The molecule has 0 radical (unpaired) electrons. The molecule has 0 unspecified atom stereocenters. The van der Waals surface area contributed by atoms with Crippen LogP contribution in [0.1, 0.15) is 53.4 Å². The average Bonchev–Trinajstić information content (AvgIpc) is 3.36. The van der Waals surface area contributed by atoms with Gasteiger partial charge in [-0.25, -0.2) is 4.99 Å². The first-order valence-electron chi connectivity index (χ1n) is 11.1. The molecule has 1 aliphatic heterocycles. The summed E-state index contributed by atoms with van der Waals surface area (Å²) in [5.74, 6) is 0.942. The zero-order valence-corrected chi connectivity index (χ0v) is 19.5. The van der Waals surface area contributed by atoms with E-state index in [-0.39, 0.29) is 28.4 Å². The highest BCUT2D eigenvalue weighted by molar-refractivity contribution is 8.14. The van der Waals surface area contributed by atoms with Crippen LogP contribution >= 0.6 is 11.8 Å². The number of hydrogen-bond acceptors (Lipinski definition) is 5. The Kier molecular flexibility index (Phi) is 6.26. The Balaban J connectivity index is 1.73. The molecule has 1 aliphatic carbocycles. The Morgan fingerprint density at radius 3 is 2.48 bits per heavy atom. The molecule has 166 valence electrons. The van der Waals surface area contributed by atoms with Gasteiger partial charge < -0.3 is 9.64 Å². The summed E-state index contributed by atoms with van der Waals surface area (Å²) in [5, 5.41) is 13.9. The van der Waals surface area contributed by atoms with E-state index in [9.17, 15) is 10.1 Å². The van der Waals surface area contributed by atoms with Crippen molar-refractivity contribution in [2.75, 3.05) is 5.75 Å². The number of amidine groups is 1. The number of rotatable bonds is 5. The van der Waals surface area contributed by atoms with Gasteiger partial charge in [0.25, 0.3) is 5.69 Å². The maximum atomic E-state index is 11.5. The second kappa shape index (κ2) is 8.79. The van der Waals surface area contributed by atoms with Gasteiger partial charge in [0.15, 0.2) is 5.17 Å². The first-order valence-corrected chi connectivity index (χ1v) is 12.1. The molecule has 7 heteroatoms. The smallest absolute Gasteiger partial charge is 0.277 e. The first kappa shape index (κ1) is 22.1. The minimum atomic E-state index is -0.323. The molecule has 0 spiro atoms. The molecule has 4 rings (SSSR count). The van der Waals surface area contributed by atoms with Crippen LogP contribution in [0.4, 0.5) is 11.4 Å². The lowest BCUT2D eigenvalue weighted by atomic mass is 10.1. The van der Waals surface area contributed by atoms with Crippen LogP contribution in [-0.2, 0) is 4.74 Å². The SMILES string of the molecule is C[C@H](OC(C)(C)C)[C@@H]1CSC(=Nc2ccc([N+](=O)[O-])c3ccccc23)N1C1CCCC1. The molecule has 2 aliphatic rings. The summed E-state index contributed by atoms with van der Waals surface area (Å²) in [5.41, 5.74) is 0.716. The Hall–Kier alpha value is -2.12. The quantitative estimate of drug-likeness (QED) is 0.402. The highest BCUT2D eigenvalue weighted by Crippen LogP contribution is 2.39. The minimum Gasteiger partial charge on any atom is -0.371 e. The number of ether oxygens (including phenoxy) is 1. The van der Waals surface area contributed by atoms with Crippen LogP contribution in [0.5, 0.6) is 0 Å². The van der Waals surface area contributed by atoms with Crippen molar-refractivity contribution in [2.45, 2.75) is 77.2 Å². The largest absolute Gasteiger partial charge is 0.371 e. The molecule has 6 nitrogen and oxygen atoms in total. The normalized spacial score (nSPS) is 22.5. The molecule has 0 amide bonds. The molecule has 1 saturated carbocycles. The lowest BCUT2D eigenvalue weighted by Gasteiger charge is -2.37. The summed E-state index contributed by atoms with van der Waals surface area (Å²) in [7, 11) is 0. The second-order valence-corrected chi connectivity index (χ2v) is 10.4. The molecule has 0 aromatic heterocycles. The Morgan fingerprint density at radius 1 is 1.16 bits per heavy atom. The summed E-state index contributed by atoms with van der Waals surface area (Å²) in [6.07, 6.45) is 4.95. The van der Waals surface area contributed by atoms with Crippen molar-refractivity contribution < 1.29 is 9.66 Å². The maximum absolute atomic E-state index is 11.5. The van der Waals surface area contributed by atoms with Gasteiger partial charge in [-0.3, -0.25) is 10.1 Å². The van der Waals surface area contributed by atoms with Gasteiger partial charge in [0.1, 0.15) is 0 Å². The van der Waals surface area contributed by atoms with E-state index in [0.29, 0.717) is 11.4 Å². The summed E-state index contributed by atoms with van der Waals surface area (Å²) in [6.45, 7) is 8.47. The van der Waals surface area contributed by atoms with Crippen LogP contribution in [0, 0.1) is 10.1 Å². The van der Waals surface area contributed by atoms with Gasteiger partial charge in [0, 0.05) is 23.2 Å². The predicted molar refractivity (Wildman–Crippen MR) is 128 cm³/mol. The molecule has 2 aromatic carbocycles. The van der Waals surface area contributed by atoms with Crippen molar-refractivity contribution in [1.29, 1.82) is 0 Å². The van der Waals surface area contributed by atoms with Gasteiger partial charge in [-0.2, -0.15) is 0 Å². The van der Waals surface area contributed by atoms with Crippen molar-refractivity contribution in [3.05, 3.63) is 46.5 Å². The summed E-state index contributed by atoms with van der Waals surface area (Å²) in [6, 6.07) is 11.6. The number of nitro groups is 1. The maximum Gasteiger partial charge on any atom is 0.277 e. The van der Waals surface area contributed by atoms with Crippen LogP contribution in [0.25, 0.3) is 10.8 Å². The van der Waals surface area contributed by atoms with Crippen molar-refractivity contribution in [1.82, 2.24) is 4.90 Å². The highest BCUT2D eigenvalue weighted by atomic mass is 32.2. The number of nitrogens with zero attached hydrogens (tertiary/aromatic N) is 3. The van der Waals surface area contributed by atoms with Crippen LogP contribution in [0.3, 0.4) is 0 Å². The molecule has 2 fully saturated rings. The van der Waals surface area contributed by atoms with Crippen LogP contribution in [0.15, 0.2) is 41.4 Å². The Morgan fingerprint density at radius 2 is 1.84 bits per heavy atom. The first-order chi connectivity index (χ1) is 14.7. The molecule has 1 heterocycles. The topological polar surface area (TPSA) is 68.0 Å². The van der Waals surface area contributed by atoms with E-state index >= 15 is 0 Å². The van der Waals surface area contributed by atoms with Gasteiger partial charge in [-0.05, 0) is 52.7 Å². The lowest BCUT2D eigenvalue weighted by molar-refractivity contribution is -0.383.